The Morgan fingerprint density at radius 3 is 2.26 bits per heavy atom. The number of piperidine rings is 1. The van der Waals surface area contributed by atoms with Gasteiger partial charge in [0, 0.05) is 64.6 Å². The summed E-state index contributed by atoms with van der Waals surface area (Å²) in [6, 6.07) is 11.4. The number of aliphatic imine (C=N–C) groups is 1. The van der Waals surface area contributed by atoms with Crippen molar-refractivity contribution >= 4 is 35.6 Å². The summed E-state index contributed by atoms with van der Waals surface area (Å²) in [4.78, 5) is 12.1. The molecule has 0 aliphatic carbocycles. The SMILES string of the molecule is CCCN1CCC(NC(=NC)NCCCCN2CCN(c3ccccc3)CC2)CC1.I. The Kier molecular flexibility index (Phi) is 12.6. The molecule has 176 valence electrons. The predicted octanol–water partition coefficient (Wildman–Crippen LogP) is 3.25. The first-order valence-electron chi connectivity index (χ1n) is 12.0. The van der Waals surface area contributed by atoms with Crippen molar-refractivity contribution in [1.29, 1.82) is 0 Å². The normalized spacial score (nSPS) is 19.2. The maximum atomic E-state index is 4.43. The zero-order valence-electron chi connectivity index (χ0n) is 19.6. The van der Waals surface area contributed by atoms with Crippen LogP contribution in [-0.2, 0) is 0 Å². The van der Waals surface area contributed by atoms with Crippen LogP contribution in [0.2, 0.25) is 0 Å². The predicted molar refractivity (Wildman–Crippen MR) is 144 cm³/mol. The van der Waals surface area contributed by atoms with Crippen LogP contribution in [0.4, 0.5) is 5.69 Å². The van der Waals surface area contributed by atoms with Crippen molar-refractivity contribution < 1.29 is 0 Å². The molecule has 0 atom stereocenters. The maximum absolute atomic E-state index is 4.43. The van der Waals surface area contributed by atoms with Gasteiger partial charge in [-0.1, -0.05) is 25.1 Å². The fraction of sp³-hybridized carbons (Fsp3) is 0.708. The van der Waals surface area contributed by atoms with E-state index in [1.54, 1.807) is 0 Å². The van der Waals surface area contributed by atoms with Crippen molar-refractivity contribution in [3.8, 4) is 0 Å². The summed E-state index contributed by atoms with van der Waals surface area (Å²) in [5.41, 5.74) is 1.36. The molecule has 2 aliphatic heterocycles. The average molecular weight is 543 g/mol. The van der Waals surface area contributed by atoms with Crippen LogP contribution < -0.4 is 15.5 Å². The van der Waals surface area contributed by atoms with E-state index >= 15 is 0 Å². The average Bonchev–Trinajstić information content (AvgIpc) is 2.80. The maximum Gasteiger partial charge on any atom is 0.191 e. The van der Waals surface area contributed by atoms with Crippen LogP contribution in [0.15, 0.2) is 35.3 Å². The molecular weight excluding hydrogens is 499 g/mol. The molecule has 0 amide bonds. The summed E-state index contributed by atoms with van der Waals surface area (Å²) in [7, 11) is 1.88. The Balaban J connectivity index is 0.00000341. The van der Waals surface area contributed by atoms with Gasteiger partial charge < -0.3 is 20.4 Å². The summed E-state index contributed by atoms with van der Waals surface area (Å²) in [6.45, 7) is 12.7. The van der Waals surface area contributed by atoms with Crippen LogP contribution in [0.5, 0.6) is 0 Å². The summed E-state index contributed by atoms with van der Waals surface area (Å²) < 4.78 is 0. The van der Waals surface area contributed by atoms with E-state index in [9.17, 15) is 0 Å². The smallest absolute Gasteiger partial charge is 0.191 e. The van der Waals surface area contributed by atoms with Gasteiger partial charge >= 0.3 is 0 Å². The number of rotatable bonds is 9. The van der Waals surface area contributed by atoms with Gasteiger partial charge in [-0.05, 0) is 57.3 Å². The van der Waals surface area contributed by atoms with Gasteiger partial charge in [0.2, 0.25) is 0 Å². The van der Waals surface area contributed by atoms with Gasteiger partial charge in [0.1, 0.15) is 0 Å². The number of likely N-dealkylation sites (tertiary alicyclic amines) is 1. The van der Waals surface area contributed by atoms with Crippen LogP contribution >= 0.6 is 24.0 Å². The Hall–Kier alpha value is -1.06. The lowest BCUT2D eigenvalue weighted by Gasteiger charge is -2.36. The third kappa shape index (κ3) is 9.14. The van der Waals surface area contributed by atoms with Gasteiger partial charge in [0.05, 0.1) is 0 Å². The molecule has 3 rings (SSSR count). The molecule has 2 fully saturated rings. The van der Waals surface area contributed by atoms with Crippen molar-refractivity contribution in [2.75, 3.05) is 70.9 Å². The molecule has 2 N–H and O–H groups in total. The molecule has 2 heterocycles. The molecular formula is C24H43IN6. The van der Waals surface area contributed by atoms with Gasteiger partial charge in [-0.2, -0.15) is 0 Å². The van der Waals surface area contributed by atoms with E-state index in [0.29, 0.717) is 6.04 Å². The van der Waals surface area contributed by atoms with Gasteiger partial charge in [-0.3, -0.25) is 9.89 Å². The molecule has 1 aromatic carbocycles. The number of guanidine groups is 1. The molecule has 0 spiro atoms. The quantitative estimate of drug-likeness (QED) is 0.217. The first-order valence-corrected chi connectivity index (χ1v) is 12.0. The third-order valence-electron chi connectivity index (χ3n) is 6.38. The lowest BCUT2D eigenvalue weighted by molar-refractivity contribution is 0.206. The largest absolute Gasteiger partial charge is 0.369 e. The van der Waals surface area contributed by atoms with Gasteiger partial charge in [0.25, 0.3) is 0 Å². The van der Waals surface area contributed by atoms with Crippen molar-refractivity contribution in [1.82, 2.24) is 20.4 Å². The highest BCUT2D eigenvalue weighted by Crippen LogP contribution is 2.15. The highest BCUT2D eigenvalue weighted by Gasteiger charge is 2.19. The zero-order valence-corrected chi connectivity index (χ0v) is 21.9. The van der Waals surface area contributed by atoms with Crippen LogP contribution in [-0.4, -0.2) is 87.8 Å². The highest BCUT2D eigenvalue weighted by molar-refractivity contribution is 14.0. The molecule has 7 heteroatoms. The third-order valence-corrected chi connectivity index (χ3v) is 6.38. The van der Waals surface area contributed by atoms with Gasteiger partial charge in [0.15, 0.2) is 5.96 Å². The fourth-order valence-corrected chi connectivity index (χ4v) is 4.54. The fourth-order valence-electron chi connectivity index (χ4n) is 4.54. The number of halogens is 1. The van der Waals surface area contributed by atoms with Crippen molar-refractivity contribution in [2.45, 2.75) is 45.1 Å². The standard InChI is InChI=1S/C24H42N6.HI/c1-3-14-28-16-11-22(12-17-28)27-24(25-2)26-13-7-8-15-29-18-20-30(21-19-29)23-9-5-4-6-10-23;/h4-6,9-10,22H,3,7-8,11-21H2,1-2H3,(H2,25,26,27);1H. The number of para-hydroxylation sites is 1. The second-order valence-electron chi connectivity index (χ2n) is 8.63. The van der Waals surface area contributed by atoms with Crippen LogP contribution in [0.3, 0.4) is 0 Å². The lowest BCUT2D eigenvalue weighted by Crippen LogP contribution is -2.49. The Morgan fingerprint density at radius 1 is 0.935 bits per heavy atom. The van der Waals surface area contributed by atoms with Crippen LogP contribution in [0.25, 0.3) is 0 Å². The first kappa shape index (κ1) is 26.2. The minimum absolute atomic E-state index is 0. The molecule has 2 saturated heterocycles. The first-order chi connectivity index (χ1) is 14.8. The number of hydrogen-bond acceptors (Lipinski definition) is 4. The Bertz CT molecular complexity index is 610. The minimum Gasteiger partial charge on any atom is -0.369 e. The molecule has 2 aliphatic rings. The number of hydrogen-bond donors (Lipinski definition) is 2. The Labute approximate surface area is 206 Å². The number of benzene rings is 1. The lowest BCUT2D eigenvalue weighted by atomic mass is 10.1. The van der Waals surface area contributed by atoms with E-state index in [4.69, 9.17) is 0 Å². The summed E-state index contributed by atoms with van der Waals surface area (Å²) >= 11 is 0. The van der Waals surface area contributed by atoms with Crippen molar-refractivity contribution in [2.24, 2.45) is 4.99 Å². The van der Waals surface area contributed by atoms with Crippen LogP contribution in [0, 0.1) is 0 Å². The van der Waals surface area contributed by atoms with E-state index in [-0.39, 0.29) is 24.0 Å². The van der Waals surface area contributed by atoms with E-state index in [2.05, 4.69) is 67.6 Å². The molecule has 0 radical (unpaired) electrons. The number of nitrogens with zero attached hydrogens (tertiary/aromatic N) is 4. The summed E-state index contributed by atoms with van der Waals surface area (Å²) in [5, 5.41) is 7.14. The number of anilines is 1. The molecule has 0 unspecified atom stereocenters. The van der Waals surface area contributed by atoms with E-state index in [1.807, 2.05) is 7.05 Å². The summed E-state index contributed by atoms with van der Waals surface area (Å²) in [5.74, 6) is 0.973. The second-order valence-corrected chi connectivity index (χ2v) is 8.63. The highest BCUT2D eigenvalue weighted by atomic mass is 127. The van der Waals surface area contributed by atoms with Crippen molar-refractivity contribution in [3.63, 3.8) is 0 Å². The van der Waals surface area contributed by atoms with E-state index < -0.39 is 0 Å². The molecule has 1 aromatic rings. The zero-order chi connectivity index (χ0) is 21.0. The monoisotopic (exact) mass is 542 g/mol. The summed E-state index contributed by atoms with van der Waals surface area (Å²) in [6.07, 6.45) is 6.12. The molecule has 31 heavy (non-hydrogen) atoms. The van der Waals surface area contributed by atoms with Crippen molar-refractivity contribution in [3.05, 3.63) is 30.3 Å². The van der Waals surface area contributed by atoms with E-state index in [1.165, 1.54) is 77.1 Å². The minimum atomic E-state index is 0. The molecule has 0 aromatic heterocycles. The van der Waals surface area contributed by atoms with Gasteiger partial charge in [-0.15, -0.1) is 24.0 Å². The number of nitrogens with one attached hydrogen (secondary N) is 2. The Morgan fingerprint density at radius 2 is 1.61 bits per heavy atom. The number of piperazine rings is 1. The molecule has 0 saturated carbocycles. The van der Waals surface area contributed by atoms with Crippen LogP contribution in [0.1, 0.15) is 39.0 Å². The van der Waals surface area contributed by atoms with Gasteiger partial charge in [-0.25, -0.2) is 0 Å². The van der Waals surface area contributed by atoms with E-state index in [0.717, 1.165) is 25.6 Å². The molecule has 6 nitrogen and oxygen atoms in total. The number of unbranched alkanes of at least 4 members (excludes halogenated alkanes) is 1. The molecule has 0 bridgehead atoms. The second kappa shape index (κ2) is 14.9. The topological polar surface area (TPSA) is 46.1 Å².